The molecule has 3 aromatic rings. The summed E-state index contributed by atoms with van der Waals surface area (Å²) in [7, 11) is 0. The van der Waals surface area contributed by atoms with Gasteiger partial charge in [-0.1, -0.05) is 17.7 Å². The van der Waals surface area contributed by atoms with Crippen molar-refractivity contribution in [1.29, 1.82) is 0 Å². The maximum absolute atomic E-state index is 14.1. The third kappa shape index (κ3) is 5.48. The highest BCUT2D eigenvalue weighted by molar-refractivity contribution is 7.98. The molecule has 1 aromatic heterocycles. The number of nitrogens with one attached hydrogen (secondary N) is 2. The highest BCUT2D eigenvalue weighted by Gasteiger charge is 2.13. The van der Waals surface area contributed by atoms with Crippen molar-refractivity contribution in [3.05, 3.63) is 64.8 Å². The van der Waals surface area contributed by atoms with Gasteiger partial charge < -0.3 is 20.1 Å². The second-order valence-corrected chi connectivity index (χ2v) is 8.07. The van der Waals surface area contributed by atoms with E-state index >= 15 is 0 Å². The molecule has 0 unspecified atom stereocenters. The third-order valence-corrected chi connectivity index (χ3v) is 5.73. The molecule has 1 aliphatic heterocycles. The molecular weight excluding hydrogens is 446 g/mol. The average Bonchev–Trinajstić information content (AvgIpc) is 2.77. The van der Waals surface area contributed by atoms with Gasteiger partial charge in [0.15, 0.2) is 23.1 Å². The van der Waals surface area contributed by atoms with Gasteiger partial charge in [0.2, 0.25) is 5.95 Å². The van der Waals surface area contributed by atoms with E-state index in [2.05, 4.69) is 20.6 Å². The fraction of sp³-hybridized carbons (Fsp3) is 0.238. The lowest BCUT2D eigenvalue weighted by Crippen LogP contribution is -2.15. The quantitative estimate of drug-likeness (QED) is 0.440. The van der Waals surface area contributed by atoms with Gasteiger partial charge in [-0.2, -0.15) is 16.7 Å². The van der Waals surface area contributed by atoms with Gasteiger partial charge in [-0.15, -0.1) is 0 Å². The first kappa shape index (κ1) is 21.5. The van der Waals surface area contributed by atoms with Crippen LogP contribution in [0.4, 0.5) is 26.2 Å². The minimum absolute atomic E-state index is 0.0829. The minimum atomic E-state index is -0.560. The number of fused-ring (bicyclic) bond motifs is 1. The first-order chi connectivity index (χ1) is 15.1. The molecule has 6 nitrogen and oxygen atoms in total. The first-order valence-electron chi connectivity index (χ1n) is 9.54. The Bertz CT molecular complexity index is 1050. The molecule has 0 aliphatic carbocycles. The van der Waals surface area contributed by atoms with Crippen molar-refractivity contribution in [3.8, 4) is 11.5 Å². The maximum Gasteiger partial charge on any atom is 0.229 e. The molecule has 4 rings (SSSR count). The summed E-state index contributed by atoms with van der Waals surface area (Å²) in [4.78, 5) is 8.17. The molecule has 0 amide bonds. The van der Waals surface area contributed by atoms with Gasteiger partial charge in [-0.25, -0.2) is 13.8 Å². The molecular formula is C21H19ClF2N4O2S. The lowest BCUT2D eigenvalue weighted by atomic mass is 10.2. The SMILES string of the molecule is Fc1cnc(Nc2ccc3c(c2)OCCO3)nc1NCCSCc1c(F)cccc1Cl. The minimum Gasteiger partial charge on any atom is -0.486 e. The Morgan fingerprint density at radius 2 is 1.90 bits per heavy atom. The molecule has 162 valence electrons. The number of aromatic nitrogens is 2. The second-order valence-electron chi connectivity index (χ2n) is 6.55. The summed E-state index contributed by atoms with van der Waals surface area (Å²) < 4.78 is 38.9. The molecule has 0 spiro atoms. The largest absolute Gasteiger partial charge is 0.486 e. The van der Waals surface area contributed by atoms with Gasteiger partial charge in [-0.3, -0.25) is 0 Å². The molecule has 10 heteroatoms. The fourth-order valence-electron chi connectivity index (χ4n) is 2.89. The van der Waals surface area contributed by atoms with E-state index in [0.717, 1.165) is 6.20 Å². The number of nitrogens with zero attached hydrogens (tertiary/aromatic N) is 2. The van der Waals surface area contributed by atoms with Crippen LogP contribution in [0.25, 0.3) is 0 Å². The molecule has 2 N–H and O–H groups in total. The zero-order chi connectivity index (χ0) is 21.6. The smallest absolute Gasteiger partial charge is 0.229 e. The predicted molar refractivity (Wildman–Crippen MR) is 119 cm³/mol. The van der Waals surface area contributed by atoms with E-state index in [-0.39, 0.29) is 17.6 Å². The van der Waals surface area contributed by atoms with Gasteiger partial charge in [-0.05, 0) is 24.3 Å². The summed E-state index contributed by atoms with van der Waals surface area (Å²) in [6.45, 7) is 1.44. The zero-order valence-electron chi connectivity index (χ0n) is 16.3. The van der Waals surface area contributed by atoms with Crippen LogP contribution in [-0.2, 0) is 5.75 Å². The zero-order valence-corrected chi connectivity index (χ0v) is 17.9. The number of hydrogen-bond acceptors (Lipinski definition) is 7. The number of rotatable bonds is 8. The molecule has 0 saturated heterocycles. The molecule has 0 saturated carbocycles. The molecule has 31 heavy (non-hydrogen) atoms. The van der Waals surface area contributed by atoms with Gasteiger partial charge in [0.1, 0.15) is 19.0 Å². The van der Waals surface area contributed by atoms with Crippen LogP contribution in [0, 0.1) is 11.6 Å². The van der Waals surface area contributed by atoms with Crippen LogP contribution >= 0.6 is 23.4 Å². The summed E-state index contributed by atoms with van der Waals surface area (Å²) >= 11 is 7.51. The topological polar surface area (TPSA) is 68.3 Å². The van der Waals surface area contributed by atoms with Crippen LogP contribution in [0.1, 0.15) is 5.56 Å². The van der Waals surface area contributed by atoms with Crippen LogP contribution in [-0.4, -0.2) is 35.5 Å². The van der Waals surface area contributed by atoms with Gasteiger partial charge in [0.25, 0.3) is 0 Å². The van der Waals surface area contributed by atoms with Crippen molar-refractivity contribution in [2.24, 2.45) is 0 Å². The number of benzene rings is 2. The molecule has 2 aromatic carbocycles. The molecule has 2 heterocycles. The molecule has 1 aliphatic rings. The number of halogens is 3. The van der Waals surface area contributed by atoms with Crippen LogP contribution in [0.15, 0.2) is 42.6 Å². The van der Waals surface area contributed by atoms with E-state index in [4.69, 9.17) is 21.1 Å². The Hall–Kier alpha value is -2.78. The normalized spacial score (nSPS) is 12.5. The summed E-state index contributed by atoms with van der Waals surface area (Å²) in [5.74, 6) is 1.78. The third-order valence-electron chi connectivity index (χ3n) is 4.39. The highest BCUT2D eigenvalue weighted by atomic mass is 35.5. The highest BCUT2D eigenvalue weighted by Crippen LogP contribution is 2.33. The molecule has 0 atom stereocenters. The first-order valence-corrected chi connectivity index (χ1v) is 11.1. The summed E-state index contributed by atoms with van der Waals surface area (Å²) in [5, 5.41) is 6.38. The predicted octanol–water partition coefficient (Wildman–Crippen LogP) is 5.27. The number of anilines is 3. The average molecular weight is 465 g/mol. The summed E-state index contributed by atoms with van der Waals surface area (Å²) in [6.07, 6.45) is 1.10. The molecule has 0 radical (unpaired) electrons. The Kier molecular flexibility index (Phi) is 6.93. The lowest BCUT2D eigenvalue weighted by Gasteiger charge is -2.19. The number of thioether (sulfide) groups is 1. The molecule has 0 bridgehead atoms. The van der Waals surface area contributed by atoms with E-state index in [1.807, 2.05) is 0 Å². The standard InChI is InChI=1S/C21H19ClF2N4O2S/c22-15-2-1-3-16(23)14(15)12-31-9-6-25-20-17(24)11-26-21(28-20)27-13-4-5-18-19(10-13)30-8-7-29-18/h1-5,10-11H,6-9,12H2,(H2,25,26,27,28). The van der Waals surface area contributed by atoms with Crippen LogP contribution in [0.2, 0.25) is 5.02 Å². The van der Waals surface area contributed by atoms with E-state index in [1.165, 1.54) is 17.8 Å². The molecule has 0 fully saturated rings. The van der Waals surface area contributed by atoms with E-state index < -0.39 is 5.82 Å². The van der Waals surface area contributed by atoms with Crippen molar-refractivity contribution >= 4 is 40.8 Å². The van der Waals surface area contributed by atoms with Crippen molar-refractivity contribution in [2.45, 2.75) is 5.75 Å². The van der Waals surface area contributed by atoms with E-state index in [9.17, 15) is 8.78 Å². The van der Waals surface area contributed by atoms with Crippen molar-refractivity contribution < 1.29 is 18.3 Å². The number of ether oxygens (including phenoxy) is 2. The monoisotopic (exact) mass is 464 g/mol. The van der Waals surface area contributed by atoms with Crippen molar-refractivity contribution in [2.75, 3.05) is 36.1 Å². The van der Waals surface area contributed by atoms with E-state index in [0.29, 0.717) is 59.0 Å². The Labute approximate surface area is 187 Å². The lowest BCUT2D eigenvalue weighted by molar-refractivity contribution is 0.171. The van der Waals surface area contributed by atoms with Crippen LogP contribution in [0.3, 0.4) is 0 Å². The van der Waals surface area contributed by atoms with Crippen molar-refractivity contribution in [1.82, 2.24) is 9.97 Å². The number of hydrogen-bond donors (Lipinski definition) is 2. The van der Waals surface area contributed by atoms with Crippen LogP contribution < -0.4 is 20.1 Å². The van der Waals surface area contributed by atoms with Gasteiger partial charge in [0.05, 0.1) is 6.20 Å². The van der Waals surface area contributed by atoms with Gasteiger partial charge >= 0.3 is 0 Å². The second kappa shape index (κ2) is 10.0. The summed E-state index contributed by atoms with van der Waals surface area (Å²) in [6, 6.07) is 9.98. The van der Waals surface area contributed by atoms with E-state index in [1.54, 1.807) is 30.3 Å². The summed E-state index contributed by atoms with van der Waals surface area (Å²) in [5.41, 5.74) is 1.16. The van der Waals surface area contributed by atoms with Gasteiger partial charge in [0, 0.05) is 40.4 Å². The Morgan fingerprint density at radius 3 is 2.74 bits per heavy atom. The van der Waals surface area contributed by atoms with Crippen molar-refractivity contribution in [3.63, 3.8) is 0 Å². The Balaban J connectivity index is 1.32. The Morgan fingerprint density at radius 1 is 1.06 bits per heavy atom. The van der Waals surface area contributed by atoms with Crippen LogP contribution in [0.5, 0.6) is 11.5 Å². The fourth-order valence-corrected chi connectivity index (χ4v) is 4.08. The maximum atomic E-state index is 14.1.